The molecule has 0 unspecified atom stereocenters. The minimum Gasteiger partial charge on any atom is -0.0596 e. The SMILES string of the molecule is Cc1ccc([C@H](C)C(C)(C)C)cc1. The van der Waals surface area contributed by atoms with Crippen LogP contribution in [0.1, 0.15) is 44.7 Å². The topological polar surface area (TPSA) is 0 Å². The average Bonchev–Trinajstić information content (AvgIpc) is 2.03. The number of benzene rings is 1. The second-order valence-corrected chi connectivity index (χ2v) is 5.00. The zero-order valence-electron chi connectivity index (χ0n) is 9.39. The van der Waals surface area contributed by atoms with E-state index in [1.807, 2.05) is 0 Å². The Labute approximate surface area is 82.0 Å². The summed E-state index contributed by atoms with van der Waals surface area (Å²) in [7, 11) is 0. The fourth-order valence-corrected chi connectivity index (χ4v) is 1.36. The largest absolute Gasteiger partial charge is 0.0596 e. The molecule has 0 aliphatic carbocycles. The monoisotopic (exact) mass is 176 g/mol. The minimum absolute atomic E-state index is 0.356. The van der Waals surface area contributed by atoms with Gasteiger partial charge in [-0.05, 0) is 23.8 Å². The normalized spacial score (nSPS) is 14.2. The van der Waals surface area contributed by atoms with Gasteiger partial charge < -0.3 is 0 Å². The van der Waals surface area contributed by atoms with Crippen LogP contribution in [-0.4, -0.2) is 0 Å². The predicted octanol–water partition coefficient (Wildman–Crippen LogP) is 4.14. The summed E-state index contributed by atoms with van der Waals surface area (Å²) in [6.45, 7) is 11.3. The first kappa shape index (κ1) is 10.3. The van der Waals surface area contributed by atoms with Crippen molar-refractivity contribution in [3.63, 3.8) is 0 Å². The highest BCUT2D eigenvalue weighted by molar-refractivity contribution is 5.25. The molecular formula is C13H20. The standard InChI is InChI=1S/C13H20/c1-10-6-8-12(9-7-10)11(2)13(3,4)5/h6-9,11H,1-5H3/t11-/m0/s1. The quantitative estimate of drug-likeness (QED) is 0.603. The highest BCUT2D eigenvalue weighted by atomic mass is 14.3. The summed E-state index contributed by atoms with van der Waals surface area (Å²) in [6.07, 6.45) is 0. The fourth-order valence-electron chi connectivity index (χ4n) is 1.36. The predicted molar refractivity (Wildman–Crippen MR) is 59.0 cm³/mol. The van der Waals surface area contributed by atoms with Crippen molar-refractivity contribution in [3.8, 4) is 0 Å². The van der Waals surface area contributed by atoms with Crippen LogP contribution in [-0.2, 0) is 0 Å². The van der Waals surface area contributed by atoms with Gasteiger partial charge in [0.1, 0.15) is 0 Å². The Morgan fingerprint density at radius 2 is 1.46 bits per heavy atom. The second-order valence-electron chi connectivity index (χ2n) is 5.00. The van der Waals surface area contributed by atoms with E-state index >= 15 is 0 Å². The van der Waals surface area contributed by atoms with Gasteiger partial charge in [0.2, 0.25) is 0 Å². The van der Waals surface area contributed by atoms with Gasteiger partial charge >= 0.3 is 0 Å². The van der Waals surface area contributed by atoms with E-state index in [-0.39, 0.29) is 0 Å². The van der Waals surface area contributed by atoms with Gasteiger partial charge in [0.05, 0.1) is 0 Å². The van der Waals surface area contributed by atoms with Crippen molar-refractivity contribution in [2.75, 3.05) is 0 Å². The molecule has 0 radical (unpaired) electrons. The van der Waals surface area contributed by atoms with E-state index in [0.29, 0.717) is 11.3 Å². The molecule has 0 heterocycles. The van der Waals surface area contributed by atoms with Gasteiger partial charge in [0.15, 0.2) is 0 Å². The molecule has 0 amide bonds. The van der Waals surface area contributed by atoms with Crippen LogP contribution in [0.25, 0.3) is 0 Å². The highest BCUT2D eigenvalue weighted by Gasteiger charge is 2.20. The molecule has 1 atom stereocenters. The van der Waals surface area contributed by atoms with Crippen LogP contribution < -0.4 is 0 Å². The molecule has 1 aromatic carbocycles. The van der Waals surface area contributed by atoms with Crippen LogP contribution in [0, 0.1) is 12.3 Å². The number of hydrogen-bond donors (Lipinski definition) is 0. The van der Waals surface area contributed by atoms with Crippen LogP contribution in [0.2, 0.25) is 0 Å². The molecule has 0 saturated heterocycles. The lowest BCUT2D eigenvalue weighted by atomic mass is 9.78. The van der Waals surface area contributed by atoms with Gasteiger partial charge in [-0.15, -0.1) is 0 Å². The summed E-state index contributed by atoms with van der Waals surface area (Å²) in [4.78, 5) is 0. The lowest BCUT2D eigenvalue weighted by Gasteiger charge is -2.27. The van der Waals surface area contributed by atoms with Crippen LogP contribution in [0.3, 0.4) is 0 Å². The minimum atomic E-state index is 0.356. The molecular weight excluding hydrogens is 156 g/mol. The number of hydrogen-bond acceptors (Lipinski definition) is 0. The molecule has 0 heteroatoms. The molecule has 0 spiro atoms. The van der Waals surface area contributed by atoms with Gasteiger partial charge in [0.25, 0.3) is 0 Å². The average molecular weight is 176 g/mol. The van der Waals surface area contributed by atoms with Crippen LogP contribution in [0.5, 0.6) is 0 Å². The van der Waals surface area contributed by atoms with Crippen molar-refractivity contribution in [2.24, 2.45) is 5.41 Å². The maximum absolute atomic E-state index is 2.30. The summed E-state index contributed by atoms with van der Waals surface area (Å²) < 4.78 is 0. The van der Waals surface area contributed by atoms with E-state index in [1.165, 1.54) is 11.1 Å². The molecule has 1 aromatic rings. The van der Waals surface area contributed by atoms with Gasteiger partial charge in [0, 0.05) is 0 Å². The Kier molecular flexibility index (Phi) is 2.80. The molecule has 72 valence electrons. The van der Waals surface area contributed by atoms with E-state index in [9.17, 15) is 0 Å². The van der Waals surface area contributed by atoms with Gasteiger partial charge in [-0.1, -0.05) is 57.5 Å². The summed E-state index contributed by atoms with van der Waals surface area (Å²) in [5.41, 5.74) is 3.14. The molecule has 0 N–H and O–H groups in total. The van der Waals surface area contributed by atoms with Crippen LogP contribution in [0.15, 0.2) is 24.3 Å². The molecule has 0 aliphatic rings. The molecule has 0 nitrogen and oxygen atoms in total. The Hall–Kier alpha value is -0.780. The van der Waals surface area contributed by atoms with Crippen LogP contribution in [0.4, 0.5) is 0 Å². The van der Waals surface area contributed by atoms with Crippen molar-refractivity contribution >= 4 is 0 Å². The van der Waals surface area contributed by atoms with Crippen molar-refractivity contribution < 1.29 is 0 Å². The number of aryl methyl sites for hydroxylation is 1. The Balaban J connectivity index is 2.90. The molecule has 0 aliphatic heterocycles. The van der Waals surface area contributed by atoms with E-state index in [4.69, 9.17) is 0 Å². The third kappa shape index (κ3) is 2.58. The van der Waals surface area contributed by atoms with E-state index in [0.717, 1.165) is 0 Å². The maximum atomic E-state index is 2.30. The summed E-state index contributed by atoms with van der Waals surface area (Å²) in [6, 6.07) is 8.87. The third-order valence-corrected chi connectivity index (χ3v) is 2.88. The van der Waals surface area contributed by atoms with E-state index in [2.05, 4.69) is 58.9 Å². The van der Waals surface area contributed by atoms with Crippen molar-refractivity contribution in [3.05, 3.63) is 35.4 Å². The smallest absolute Gasteiger partial charge is 0.0142 e. The van der Waals surface area contributed by atoms with Crippen molar-refractivity contribution in [2.45, 2.75) is 40.5 Å². The van der Waals surface area contributed by atoms with Gasteiger partial charge in [-0.3, -0.25) is 0 Å². The zero-order chi connectivity index (χ0) is 10.1. The Bertz CT molecular complexity index is 261. The zero-order valence-corrected chi connectivity index (χ0v) is 9.39. The molecule has 1 rings (SSSR count). The summed E-state index contributed by atoms with van der Waals surface area (Å²) in [5.74, 6) is 0.619. The van der Waals surface area contributed by atoms with Crippen LogP contribution >= 0.6 is 0 Å². The summed E-state index contributed by atoms with van der Waals surface area (Å²) in [5, 5.41) is 0. The first-order valence-corrected chi connectivity index (χ1v) is 4.98. The lowest BCUT2D eigenvalue weighted by Crippen LogP contribution is -2.15. The fraction of sp³-hybridized carbons (Fsp3) is 0.538. The molecule has 0 bridgehead atoms. The Morgan fingerprint density at radius 1 is 1.00 bits per heavy atom. The van der Waals surface area contributed by atoms with Crippen molar-refractivity contribution in [1.82, 2.24) is 0 Å². The molecule has 0 aromatic heterocycles. The maximum Gasteiger partial charge on any atom is -0.0142 e. The summed E-state index contributed by atoms with van der Waals surface area (Å²) >= 11 is 0. The number of rotatable bonds is 1. The molecule has 0 fully saturated rings. The van der Waals surface area contributed by atoms with Gasteiger partial charge in [-0.25, -0.2) is 0 Å². The Morgan fingerprint density at radius 3 is 1.85 bits per heavy atom. The van der Waals surface area contributed by atoms with Gasteiger partial charge in [-0.2, -0.15) is 0 Å². The third-order valence-electron chi connectivity index (χ3n) is 2.88. The lowest BCUT2D eigenvalue weighted by molar-refractivity contribution is 0.339. The molecule has 13 heavy (non-hydrogen) atoms. The second kappa shape index (κ2) is 3.53. The van der Waals surface area contributed by atoms with Crippen molar-refractivity contribution in [1.29, 1.82) is 0 Å². The molecule has 0 saturated carbocycles. The van der Waals surface area contributed by atoms with E-state index < -0.39 is 0 Å². The first-order chi connectivity index (χ1) is 5.91. The first-order valence-electron chi connectivity index (χ1n) is 4.98. The van der Waals surface area contributed by atoms with E-state index in [1.54, 1.807) is 0 Å². The highest BCUT2D eigenvalue weighted by Crippen LogP contribution is 2.34.